The number of phenolic OH excluding ortho intramolecular Hbond substituents is 2. The Labute approximate surface area is 461 Å². The predicted molar refractivity (Wildman–Crippen MR) is 325 cm³/mol. The second-order valence-corrected chi connectivity index (χ2v) is 21.9. The zero-order chi connectivity index (χ0) is 53.3. The summed E-state index contributed by atoms with van der Waals surface area (Å²) in [6.07, 6.45) is 59.1. The fourth-order valence-corrected chi connectivity index (χ4v) is 9.99. The van der Waals surface area contributed by atoms with Crippen LogP contribution in [0.25, 0.3) is 0 Å². The molecule has 0 amide bonds. The summed E-state index contributed by atoms with van der Waals surface area (Å²) in [5.74, 6) is 2.29. The fraction of sp³-hybridized carbons (Fsp3) is 0.706. The van der Waals surface area contributed by atoms with Crippen molar-refractivity contribution in [3.05, 3.63) is 65.7 Å². The van der Waals surface area contributed by atoms with Crippen LogP contribution in [0.2, 0.25) is 0 Å². The standard InChI is InChI=1S/C68H112N2O5/c1-4-7-10-13-16-19-22-24-26-28-30-32-35-38-41-44-53-74-63-48-46-60(67(71)56-63)58-69-65-51-50-62(73-52-43-40-37-34-21-18-15-12-9-6-3)55-66(65)70-59-61-47-49-64(57-68(61)72)75-54-45-42-39-36-33-31-29-27-25-23-20-17-14-11-8-5-2/h46-51,55-59,71-72H,4-45,52-54H2,1-3H3. The van der Waals surface area contributed by atoms with Gasteiger partial charge in [0.15, 0.2) is 0 Å². The van der Waals surface area contributed by atoms with E-state index >= 15 is 0 Å². The Bertz CT molecular complexity index is 1840. The molecule has 0 spiro atoms. The van der Waals surface area contributed by atoms with Crippen molar-refractivity contribution in [2.75, 3.05) is 19.8 Å². The first-order valence-electron chi connectivity index (χ1n) is 31.8. The van der Waals surface area contributed by atoms with Gasteiger partial charge in [0, 0.05) is 41.8 Å². The number of rotatable bonds is 52. The third kappa shape index (κ3) is 35.1. The van der Waals surface area contributed by atoms with Gasteiger partial charge in [0.05, 0.1) is 31.2 Å². The van der Waals surface area contributed by atoms with Crippen LogP contribution in [0, 0.1) is 0 Å². The predicted octanol–water partition coefficient (Wildman–Crippen LogP) is 22.2. The molecule has 0 aromatic heterocycles. The molecule has 7 heteroatoms. The Kier molecular flexibility index (Phi) is 41.1. The van der Waals surface area contributed by atoms with Crippen LogP contribution in [0.4, 0.5) is 11.4 Å². The third-order valence-electron chi connectivity index (χ3n) is 14.9. The third-order valence-corrected chi connectivity index (χ3v) is 14.9. The first-order valence-corrected chi connectivity index (χ1v) is 31.8. The van der Waals surface area contributed by atoms with Gasteiger partial charge in [-0.3, -0.25) is 9.98 Å². The molecule has 2 N–H and O–H groups in total. The summed E-state index contributed by atoms with van der Waals surface area (Å²) in [6.45, 7) is 8.78. The SMILES string of the molecule is CCCCCCCCCCCCCCCCCCOc1ccc(C=Nc2ccc(OCCCCCCCCCCCC)cc2N=Cc2ccc(OCCCCCCCCCCCCCCCCCC)cc2O)c(O)c1. The molecule has 0 heterocycles. The lowest BCUT2D eigenvalue weighted by atomic mass is 10.0. The highest BCUT2D eigenvalue weighted by atomic mass is 16.5. The van der Waals surface area contributed by atoms with E-state index in [9.17, 15) is 10.2 Å². The first kappa shape index (κ1) is 65.3. The Morgan fingerprint density at radius 2 is 0.533 bits per heavy atom. The average Bonchev–Trinajstić information content (AvgIpc) is 3.41. The van der Waals surface area contributed by atoms with Crippen LogP contribution < -0.4 is 14.2 Å². The molecule has 0 aliphatic heterocycles. The quantitative estimate of drug-likeness (QED) is 0.0434. The monoisotopic (exact) mass is 1040 g/mol. The molecule has 424 valence electrons. The number of phenols is 2. The van der Waals surface area contributed by atoms with Crippen molar-refractivity contribution in [2.45, 2.75) is 290 Å². The summed E-state index contributed by atoms with van der Waals surface area (Å²) < 4.78 is 18.3. The summed E-state index contributed by atoms with van der Waals surface area (Å²) in [7, 11) is 0. The highest BCUT2D eigenvalue weighted by Crippen LogP contribution is 2.34. The van der Waals surface area contributed by atoms with Gasteiger partial charge in [-0.2, -0.15) is 0 Å². The Morgan fingerprint density at radius 1 is 0.293 bits per heavy atom. The van der Waals surface area contributed by atoms with Crippen LogP contribution in [0.15, 0.2) is 64.6 Å². The van der Waals surface area contributed by atoms with E-state index in [0.29, 0.717) is 53.8 Å². The lowest BCUT2D eigenvalue weighted by Crippen LogP contribution is -1.98. The van der Waals surface area contributed by atoms with E-state index in [1.807, 2.05) is 42.5 Å². The van der Waals surface area contributed by atoms with E-state index in [1.165, 1.54) is 244 Å². The Hall–Kier alpha value is -4.00. The minimum Gasteiger partial charge on any atom is -0.507 e. The van der Waals surface area contributed by atoms with E-state index in [0.717, 1.165) is 31.4 Å². The van der Waals surface area contributed by atoms with Gasteiger partial charge in [-0.05, 0) is 55.7 Å². The van der Waals surface area contributed by atoms with Crippen molar-refractivity contribution in [3.63, 3.8) is 0 Å². The highest BCUT2D eigenvalue weighted by Gasteiger charge is 2.09. The molecular weight excluding hydrogens is 925 g/mol. The van der Waals surface area contributed by atoms with E-state index in [4.69, 9.17) is 24.2 Å². The number of hydrogen-bond acceptors (Lipinski definition) is 7. The highest BCUT2D eigenvalue weighted by molar-refractivity contribution is 5.90. The molecule has 0 saturated carbocycles. The van der Waals surface area contributed by atoms with Crippen LogP contribution >= 0.6 is 0 Å². The molecular formula is C68H112N2O5. The zero-order valence-corrected chi connectivity index (χ0v) is 48.7. The van der Waals surface area contributed by atoms with E-state index in [-0.39, 0.29) is 11.5 Å². The van der Waals surface area contributed by atoms with Gasteiger partial charge in [0.25, 0.3) is 0 Å². The fourth-order valence-electron chi connectivity index (χ4n) is 9.99. The number of aliphatic imine (C=N–C) groups is 2. The molecule has 7 nitrogen and oxygen atoms in total. The molecule has 0 unspecified atom stereocenters. The first-order chi connectivity index (χ1) is 37.0. The molecule has 0 aliphatic carbocycles. The van der Waals surface area contributed by atoms with Crippen molar-refractivity contribution < 1.29 is 24.4 Å². The van der Waals surface area contributed by atoms with Gasteiger partial charge in [-0.25, -0.2) is 0 Å². The molecule has 0 radical (unpaired) electrons. The minimum atomic E-state index is 0.115. The van der Waals surface area contributed by atoms with Crippen LogP contribution in [-0.4, -0.2) is 42.5 Å². The van der Waals surface area contributed by atoms with Crippen molar-refractivity contribution in [1.29, 1.82) is 0 Å². The maximum atomic E-state index is 11.0. The van der Waals surface area contributed by atoms with Gasteiger partial charge >= 0.3 is 0 Å². The van der Waals surface area contributed by atoms with Gasteiger partial charge < -0.3 is 24.4 Å². The van der Waals surface area contributed by atoms with Gasteiger partial charge in [-0.15, -0.1) is 0 Å². The number of unbranched alkanes of at least 4 members (excludes halogenated alkanes) is 39. The molecule has 3 aromatic carbocycles. The number of hydrogen-bond donors (Lipinski definition) is 2. The zero-order valence-electron chi connectivity index (χ0n) is 48.7. The number of aromatic hydroxyl groups is 2. The van der Waals surface area contributed by atoms with E-state index in [2.05, 4.69) is 20.8 Å². The lowest BCUT2D eigenvalue weighted by molar-refractivity contribution is 0.302. The minimum absolute atomic E-state index is 0.115. The summed E-state index contributed by atoms with van der Waals surface area (Å²) in [4.78, 5) is 9.61. The molecule has 3 aromatic rings. The average molecular weight is 1040 g/mol. The van der Waals surface area contributed by atoms with Crippen molar-refractivity contribution in [3.8, 4) is 28.7 Å². The van der Waals surface area contributed by atoms with Gasteiger partial charge in [0.1, 0.15) is 28.7 Å². The van der Waals surface area contributed by atoms with Gasteiger partial charge in [-0.1, -0.05) is 271 Å². The van der Waals surface area contributed by atoms with E-state index in [1.54, 1.807) is 24.6 Å². The number of ether oxygens (including phenoxy) is 3. The number of nitrogens with zero attached hydrogens (tertiary/aromatic N) is 2. The van der Waals surface area contributed by atoms with E-state index < -0.39 is 0 Å². The molecule has 75 heavy (non-hydrogen) atoms. The van der Waals surface area contributed by atoms with Crippen molar-refractivity contribution >= 4 is 23.8 Å². The topological polar surface area (TPSA) is 92.9 Å². The van der Waals surface area contributed by atoms with Crippen LogP contribution in [-0.2, 0) is 0 Å². The molecule has 0 saturated heterocycles. The number of benzene rings is 3. The van der Waals surface area contributed by atoms with Crippen molar-refractivity contribution in [2.24, 2.45) is 9.98 Å². The maximum absolute atomic E-state index is 11.0. The second kappa shape index (κ2) is 47.2. The molecule has 3 rings (SSSR count). The largest absolute Gasteiger partial charge is 0.507 e. The van der Waals surface area contributed by atoms with Crippen LogP contribution in [0.5, 0.6) is 28.7 Å². The summed E-state index contributed by atoms with van der Waals surface area (Å²) >= 11 is 0. The van der Waals surface area contributed by atoms with Crippen LogP contribution in [0.1, 0.15) is 302 Å². The maximum Gasteiger partial charge on any atom is 0.128 e. The Morgan fingerprint density at radius 3 is 0.813 bits per heavy atom. The normalized spacial score (nSPS) is 11.7. The molecule has 0 atom stereocenters. The molecule has 0 fully saturated rings. The summed E-state index contributed by atoms with van der Waals surface area (Å²) in [6, 6.07) is 16.6. The molecule has 0 aliphatic rings. The summed E-state index contributed by atoms with van der Waals surface area (Å²) in [5.41, 5.74) is 2.41. The van der Waals surface area contributed by atoms with Crippen LogP contribution in [0.3, 0.4) is 0 Å². The van der Waals surface area contributed by atoms with Gasteiger partial charge in [0.2, 0.25) is 0 Å². The Balaban J connectivity index is 1.43. The molecule has 0 bridgehead atoms. The summed E-state index contributed by atoms with van der Waals surface area (Å²) in [5, 5.41) is 22.0. The lowest BCUT2D eigenvalue weighted by Gasteiger charge is -2.10. The smallest absolute Gasteiger partial charge is 0.128 e. The van der Waals surface area contributed by atoms with Crippen molar-refractivity contribution in [1.82, 2.24) is 0 Å². The second-order valence-electron chi connectivity index (χ2n) is 21.9.